The van der Waals surface area contributed by atoms with Crippen molar-refractivity contribution in [3.63, 3.8) is 0 Å². The third-order valence-corrected chi connectivity index (χ3v) is 8.73. The highest BCUT2D eigenvalue weighted by Crippen LogP contribution is 2.57. The van der Waals surface area contributed by atoms with Gasteiger partial charge in [0.2, 0.25) is 11.7 Å². The van der Waals surface area contributed by atoms with Crippen molar-refractivity contribution in [2.24, 2.45) is 30.7 Å². The molecule has 4 unspecified atom stereocenters. The number of rotatable bonds is 4. The van der Waals surface area contributed by atoms with Gasteiger partial charge in [-0.3, -0.25) is 9.59 Å². The fourth-order valence-electron chi connectivity index (χ4n) is 7.46. The van der Waals surface area contributed by atoms with E-state index in [2.05, 4.69) is 9.88 Å². The Bertz CT molecular complexity index is 1030. The molecule has 0 N–H and O–H groups in total. The number of hydrogen-bond acceptors (Lipinski definition) is 3. The summed E-state index contributed by atoms with van der Waals surface area (Å²) in [5.74, 6) is 2.25. The van der Waals surface area contributed by atoms with Crippen molar-refractivity contribution in [1.82, 2.24) is 14.5 Å². The van der Waals surface area contributed by atoms with Crippen LogP contribution in [0.3, 0.4) is 0 Å². The van der Waals surface area contributed by atoms with Crippen LogP contribution in [0.5, 0.6) is 0 Å². The van der Waals surface area contributed by atoms with Gasteiger partial charge in [0.15, 0.2) is 5.82 Å². The molecular weight excluding hydrogens is 386 g/mol. The zero-order valence-electron chi connectivity index (χ0n) is 18.3. The molecule has 2 heterocycles. The smallest absolute Gasteiger partial charge is 0.234 e. The minimum absolute atomic E-state index is 0.0157. The van der Waals surface area contributed by atoms with Crippen molar-refractivity contribution < 1.29 is 9.59 Å². The normalized spacial score (nSPS) is 34.4. The number of carbonyl (C=O) groups excluding carboxylic acids is 2. The van der Waals surface area contributed by atoms with E-state index in [9.17, 15) is 9.59 Å². The molecule has 4 fully saturated rings. The molecule has 5 atom stereocenters. The lowest BCUT2D eigenvalue weighted by Gasteiger charge is -2.47. The van der Waals surface area contributed by atoms with Gasteiger partial charge in [0.1, 0.15) is 5.92 Å². The predicted octanol–water partition coefficient (Wildman–Crippen LogP) is 4.48. The first kappa shape index (κ1) is 19.3. The van der Waals surface area contributed by atoms with E-state index in [1.165, 1.54) is 32.1 Å². The van der Waals surface area contributed by atoms with Gasteiger partial charge in [-0.15, -0.1) is 0 Å². The molecule has 1 saturated heterocycles. The van der Waals surface area contributed by atoms with Crippen LogP contribution in [-0.4, -0.2) is 38.2 Å². The van der Waals surface area contributed by atoms with E-state index >= 15 is 0 Å². The maximum atomic E-state index is 13.6. The molecule has 3 saturated carbocycles. The van der Waals surface area contributed by atoms with Gasteiger partial charge in [0.05, 0.1) is 5.69 Å². The summed E-state index contributed by atoms with van der Waals surface area (Å²) < 4.78 is 1.79. The second-order valence-electron chi connectivity index (χ2n) is 10.5. The summed E-state index contributed by atoms with van der Waals surface area (Å²) in [4.78, 5) is 33.8. The molecule has 1 aromatic heterocycles. The Kier molecular flexibility index (Phi) is 4.38. The van der Waals surface area contributed by atoms with Gasteiger partial charge in [0.25, 0.3) is 0 Å². The monoisotopic (exact) mass is 417 g/mol. The van der Waals surface area contributed by atoms with Crippen LogP contribution in [0.25, 0.3) is 11.3 Å². The maximum Gasteiger partial charge on any atom is 0.234 e. The van der Waals surface area contributed by atoms with Crippen LogP contribution in [-0.2, 0) is 11.8 Å². The fourth-order valence-corrected chi connectivity index (χ4v) is 7.46. The summed E-state index contributed by atoms with van der Waals surface area (Å²) in [6.07, 6.45) is 11.3. The average Bonchev–Trinajstić information content (AvgIpc) is 3.41. The van der Waals surface area contributed by atoms with Gasteiger partial charge in [0, 0.05) is 30.9 Å². The number of benzene rings is 1. The Labute approximate surface area is 183 Å². The molecule has 0 spiro atoms. The van der Waals surface area contributed by atoms with Gasteiger partial charge in [-0.2, -0.15) is 0 Å². The number of fused-ring (bicyclic) bond motifs is 2. The zero-order chi connectivity index (χ0) is 21.2. The third-order valence-electron chi connectivity index (χ3n) is 8.73. The summed E-state index contributed by atoms with van der Waals surface area (Å²) in [7, 11) is 1.85. The van der Waals surface area contributed by atoms with E-state index in [1.807, 2.05) is 43.6 Å². The van der Waals surface area contributed by atoms with Gasteiger partial charge in [-0.05, 0) is 56.3 Å². The summed E-state index contributed by atoms with van der Waals surface area (Å²) in [5.41, 5.74) is 1.79. The van der Waals surface area contributed by atoms with Gasteiger partial charge >= 0.3 is 0 Å². The number of aromatic nitrogens is 2. The minimum Gasteiger partial charge on any atom is -0.336 e. The van der Waals surface area contributed by atoms with Crippen LogP contribution < -0.4 is 0 Å². The van der Waals surface area contributed by atoms with Crippen LogP contribution >= 0.6 is 0 Å². The Balaban J connectivity index is 1.25. The zero-order valence-corrected chi connectivity index (χ0v) is 18.3. The SMILES string of the molecule is Cn1cc(-c2ccccc2)nc1C(=O)C1CCN([C@]23CCCC4CC(CC4C2)C3)C1=O. The van der Waals surface area contributed by atoms with E-state index in [0.717, 1.165) is 48.4 Å². The minimum atomic E-state index is -0.572. The Morgan fingerprint density at radius 2 is 1.90 bits per heavy atom. The van der Waals surface area contributed by atoms with Crippen molar-refractivity contribution in [3.8, 4) is 11.3 Å². The summed E-state index contributed by atoms with van der Waals surface area (Å²) >= 11 is 0. The van der Waals surface area contributed by atoms with E-state index in [4.69, 9.17) is 0 Å². The first-order valence-corrected chi connectivity index (χ1v) is 12.0. The number of imidazole rings is 1. The van der Waals surface area contributed by atoms with E-state index in [0.29, 0.717) is 12.2 Å². The molecule has 1 amide bonds. The summed E-state index contributed by atoms with van der Waals surface area (Å²) in [6.45, 7) is 0.731. The average molecular weight is 418 g/mol. The Morgan fingerprint density at radius 3 is 2.74 bits per heavy atom. The van der Waals surface area contributed by atoms with Crippen LogP contribution in [0, 0.1) is 23.7 Å². The lowest BCUT2D eigenvalue weighted by Crippen LogP contribution is -2.53. The second-order valence-corrected chi connectivity index (χ2v) is 10.5. The molecule has 3 aliphatic carbocycles. The third kappa shape index (κ3) is 3.00. The Morgan fingerprint density at radius 1 is 1.10 bits per heavy atom. The molecule has 0 radical (unpaired) electrons. The molecule has 1 aliphatic heterocycles. The number of likely N-dealkylation sites (tertiary alicyclic amines) is 1. The molecule has 1 aromatic carbocycles. The summed E-state index contributed by atoms with van der Waals surface area (Å²) in [5, 5.41) is 0. The van der Waals surface area contributed by atoms with Crippen molar-refractivity contribution in [2.75, 3.05) is 6.54 Å². The first-order valence-electron chi connectivity index (χ1n) is 12.0. The van der Waals surface area contributed by atoms with Crippen LogP contribution in [0.1, 0.15) is 62.0 Å². The number of ketones is 1. The highest BCUT2D eigenvalue weighted by atomic mass is 16.2. The maximum absolute atomic E-state index is 13.6. The van der Waals surface area contributed by atoms with Crippen molar-refractivity contribution in [1.29, 1.82) is 0 Å². The molecular formula is C26H31N3O2. The van der Waals surface area contributed by atoms with E-state index < -0.39 is 5.92 Å². The first-order chi connectivity index (χ1) is 15.0. The largest absolute Gasteiger partial charge is 0.336 e. The van der Waals surface area contributed by atoms with E-state index in [-0.39, 0.29) is 17.2 Å². The lowest BCUT2D eigenvalue weighted by molar-refractivity contribution is -0.137. The molecule has 162 valence electrons. The molecule has 2 aromatic rings. The molecule has 4 aliphatic rings. The highest BCUT2D eigenvalue weighted by Gasteiger charge is 2.55. The van der Waals surface area contributed by atoms with Gasteiger partial charge in [-0.1, -0.05) is 43.2 Å². The number of aryl methyl sites for hydroxylation is 1. The molecule has 3 bridgehead atoms. The molecule has 6 rings (SSSR count). The number of carbonyl (C=O) groups is 2. The quantitative estimate of drug-likeness (QED) is 0.545. The number of amides is 1. The lowest BCUT2D eigenvalue weighted by atomic mass is 9.72. The highest BCUT2D eigenvalue weighted by molar-refractivity contribution is 6.09. The fraction of sp³-hybridized carbons (Fsp3) is 0.577. The predicted molar refractivity (Wildman–Crippen MR) is 118 cm³/mol. The molecule has 5 heteroatoms. The topological polar surface area (TPSA) is 55.2 Å². The van der Waals surface area contributed by atoms with Crippen molar-refractivity contribution >= 4 is 11.7 Å². The number of nitrogens with zero attached hydrogens (tertiary/aromatic N) is 3. The number of hydrogen-bond donors (Lipinski definition) is 0. The van der Waals surface area contributed by atoms with Crippen molar-refractivity contribution in [2.45, 2.75) is 56.9 Å². The number of Topliss-reactive ketones (excluding diaryl/α,β-unsaturated/α-hetero) is 1. The second kappa shape index (κ2) is 7.04. The van der Waals surface area contributed by atoms with Gasteiger partial charge in [-0.25, -0.2) is 4.98 Å². The van der Waals surface area contributed by atoms with Crippen LogP contribution in [0.4, 0.5) is 0 Å². The van der Waals surface area contributed by atoms with Crippen LogP contribution in [0.15, 0.2) is 36.5 Å². The summed E-state index contributed by atoms with van der Waals surface area (Å²) in [6, 6.07) is 9.90. The molecule has 31 heavy (non-hydrogen) atoms. The standard InChI is InChI=1S/C26H31N3O2/c1-28-16-22(18-6-3-2-4-7-18)27-24(28)23(30)21-9-11-29(25(21)31)26-10-5-8-19-12-17(14-26)13-20(19)15-26/h2-4,6-7,16-17,19-21H,5,8-15H2,1H3/t17?,19?,20?,21?,26-/m0/s1. The Hall–Kier alpha value is -2.43. The van der Waals surface area contributed by atoms with Crippen LogP contribution in [0.2, 0.25) is 0 Å². The van der Waals surface area contributed by atoms with E-state index in [1.54, 1.807) is 4.57 Å². The molecule has 5 nitrogen and oxygen atoms in total. The van der Waals surface area contributed by atoms with Gasteiger partial charge < -0.3 is 9.47 Å². The van der Waals surface area contributed by atoms with Crippen molar-refractivity contribution in [3.05, 3.63) is 42.4 Å².